The first-order valence-electron chi connectivity index (χ1n) is 24.7. The quantitative estimate of drug-likeness (QED) is 0.149. The zero-order valence-electron chi connectivity index (χ0n) is 40.5. The molecule has 0 amide bonds. The molecule has 13 aromatic rings. The maximum atomic E-state index is 10.2. The van der Waals surface area contributed by atoms with Crippen molar-refractivity contribution in [3.63, 3.8) is 0 Å². The van der Waals surface area contributed by atoms with E-state index in [-0.39, 0.29) is 0 Å². The number of hydrogen-bond donors (Lipinski definition) is 0. The molecular formula is C68H38N8. The van der Waals surface area contributed by atoms with Crippen LogP contribution in [0.2, 0.25) is 0 Å². The summed E-state index contributed by atoms with van der Waals surface area (Å²) in [5.74, 6) is 0.621. The van der Waals surface area contributed by atoms with Crippen LogP contribution in [0.1, 0.15) is 22.3 Å². The third-order valence-corrected chi connectivity index (χ3v) is 14.3. The molecule has 3 aromatic heterocycles. The van der Waals surface area contributed by atoms with E-state index in [0.717, 1.165) is 116 Å². The van der Waals surface area contributed by atoms with Gasteiger partial charge in [0.15, 0.2) is 5.82 Å². The molecule has 10 aromatic carbocycles. The van der Waals surface area contributed by atoms with E-state index in [2.05, 4.69) is 179 Å². The van der Waals surface area contributed by atoms with Gasteiger partial charge in [-0.15, -0.1) is 0 Å². The molecule has 0 unspecified atom stereocenters. The minimum absolute atomic E-state index is 0.437. The van der Waals surface area contributed by atoms with Gasteiger partial charge in [0.1, 0.15) is 0 Å². The molecule has 0 spiro atoms. The van der Waals surface area contributed by atoms with Crippen LogP contribution in [0, 0.1) is 45.3 Å². The minimum Gasteiger partial charge on any atom is -0.309 e. The number of benzene rings is 10. The summed E-state index contributed by atoms with van der Waals surface area (Å²) in [5, 5.41) is 43.9. The molecule has 0 aliphatic carbocycles. The van der Waals surface area contributed by atoms with Crippen molar-refractivity contribution in [2.45, 2.75) is 0 Å². The van der Waals surface area contributed by atoms with Crippen LogP contribution in [-0.2, 0) is 0 Å². The molecular weight excluding hydrogens is 929 g/mol. The number of hydrogen-bond acceptors (Lipinski definition) is 6. The van der Waals surface area contributed by atoms with Gasteiger partial charge in [-0.1, -0.05) is 146 Å². The summed E-state index contributed by atoms with van der Waals surface area (Å²) in [4.78, 5) is 10.4. The van der Waals surface area contributed by atoms with Crippen molar-refractivity contribution in [1.82, 2.24) is 19.1 Å². The van der Waals surface area contributed by atoms with Crippen molar-refractivity contribution in [2.75, 3.05) is 0 Å². The van der Waals surface area contributed by atoms with Crippen LogP contribution in [-0.4, -0.2) is 19.1 Å². The van der Waals surface area contributed by atoms with Crippen LogP contribution in [0.5, 0.6) is 0 Å². The fourth-order valence-electron chi connectivity index (χ4n) is 10.8. The summed E-state index contributed by atoms with van der Waals surface area (Å²) in [7, 11) is 0. The highest BCUT2D eigenvalue weighted by Crippen LogP contribution is 2.44. The smallest absolute Gasteiger partial charge is 0.160 e. The lowest BCUT2D eigenvalue weighted by atomic mass is 9.96. The predicted octanol–water partition coefficient (Wildman–Crippen LogP) is 16.2. The van der Waals surface area contributed by atoms with Crippen molar-refractivity contribution in [3.05, 3.63) is 253 Å². The summed E-state index contributed by atoms with van der Waals surface area (Å²) in [6.45, 7) is 0. The molecule has 8 heteroatoms. The number of fused-ring (bicyclic) bond motifs is 6. The van der Waals surface area contributed by atoms with E-state index in [1.165, 1.54) is 0 Å². The van der Waals surface area contributed by atoms with Crippen molar-refractivity contribution in [1.29, 1.82) is 21.0 Å². The third kappa shape index (κ3) is 7.51. The Morgan fingerprint density at radius 2 is 0.750 bits per heavy atom. The second-order valence-electron chi connectivity index (χ2n) is 18.6. The second-order valence-corrected chi connectivity index (χ2v) is 18.6. The fraction of sp³-hybridized carbons (Fsp3) is 0. The van der Waals surface area contributed by atoms with Gasteiger partial charge in [-0.05, 0) is 107 Å². The molecule has 3 heterocycles. The molecule has 0 saturated carbocycles. The lowest BCUT2D eigenvalue weighted by molar-refractivity contribution is 1.16. The van der Waals surface area contributed by atoms with E-state index in [1.807, 2.05) is 60.7 Å². The van der Waals surface area contributed by atoms with E-state index in [9.17, 15) is 21.0 Å². The maximum absolute atomic E-state index is 10.2. The second kappa shape index (κ2) is 18.5. The average Bonchev–Trinajstić information content (AvgIpc) is 4.10. The number of aromatic nitrogens is 4. The molecule has 0 aliphatic rings. The number of nitriles is 4. The first kappa shape index (κ1) is 44.8. The molecule has 76 heavy (non-hydrogen) atoms. The molecule has 0 fully saturated rings. The molecule has 350 valence electrons. The summed E-state index contributed by atoms with van der Waals surface area (Å²) < 4.78 is 4.67. The highest BCUT2D eigenvalue weighted by Gasteiger charge is 2.23. The van der Waals surface area contributed by atoms with Gasteiger partial charge < -0.3 is 9.13 Å². The van der Waals surface area contributed by atoms with E-state index in [1.54, 1.807) is 24.3 Å². The predicted molar refractivity (Wildman–Crippen MR) is 302 cm³/mol. The molecule has 13 rings (SSSR count). The van der Waals surface area contributed by atoms with E-state index in [0.29, 0.717) is 28.1 Å². The van der Waals surface area contributed by atoms with Gasteiger partial charge in [-0.3, -0.25) is 0 Å². The lowest BCUT2D eigenvalue weighted by Crippen LogP contribution is -2.02. The van der Waals surface area contributed by atoms with Gasteiger partial charge in [0, 0.05) is 49.4 Å². The van der Waals surface area contributed by atoms with Crippen LogP contribution in [0.15, 0.2) is 231 Å². The zero-order chi connectivity index (χ0) is 51.3. The molecule has 8 nitrogen and oxygen atoms in total. The van der Waals surface area contributed by atoms with Gasteiger partial charge in [0.2, 0.25) is 0 Å². The van der Waals surface area contributed by atoms with Gasteiger partial charge in [-0.25, -0.2) is 9.97 Å². The van der Waals surface area contributed by atoms with Crippen LogP contribution in [0.4, 0.5) is 0 Å². The molecule has 0 atom stereocenters. The highest BCUT2D eigenvalue weighted by atomic mass is 15.0. The van der Waals surface area contributed by atoms with Gasteiger partial charge in [-0.2, -0.15) is 21.0 Å². The SMILES string of the molecule is N#Cc1ccc(-c2ccc3c(c2)c2ccccc2n3-c2ccccc2-c2cc(-c3cc(-c4ccccc4)nc(-c4ccccc4)n3)ccc2-n2c3ccccc3c3cc(-c4ccc(C#N)cc4C#N)ccc32)c(C#N)c1. The van der Waals surface area contributed by atoms with Crippen LogP contribution < -0.4 is 0 Å². The lowest BCUT2D eigenvalue weighted by Gasteiger charge is -2.20. The van der Waals surface area contributed by atoms with Crippen LogP contribution >= 0.6 is 0 Å². The summed E-state index contributed by atoms with van der Waals surface area (Å²) in [5.41, 5.74) is 17.2. The standard InChI is InChI=1S/C68H38N8/c69-39-43-23-28-52(50(33-43)41-71)47-25-30-65-57(35-47)54-17-7-10-20-62(54)75(65)63-21-11-9-19-56(63)59-37-49(61-38-60(45-13-3-1-4-14-45)73-68(74-61)46-15-5-2-6-16-46)27-32-67(59)76-64-22-12-8-18-55(64)58-36-48(26-31-66(58)76)53-29-24-44(40-70)34-51(53)42-72/h1-38H. The molecule has 0 N–H and O–H groups in total. The normalized spacial score (nSPS) is 11.1. The first-order chi connectivity index (χ1) is 37.5. The zero-order valence-corrected chi connectivity index (χ0v) is 40.5. The summed E-state index contributed by atoms with van der Waals surface area (Å²) in [6.07, 6.45) is 0. The van der Waals surface area contributed by atoms with Crippen molar-refractivity contribution in [2.24, 2.45) is 0 Å². The Bertz CT molecular complexity index is 4630. The molecule has 0 bridgehead atoms. The number of para-hydroxylation sites is 3. The Morgan fingerprint density at radius 3 is 1.30 bits per heavy atom. The molecule has 0 aliphatic heterocycles. The number of nitrogens with zero attached hydrogens (tertiary/aromatic N) is 8. The van der Waals surface area contributed by atoms with Crippen LogP contribution in [0.3, 0.4) is 0 Å². The largest absolute Gasteiger partial charge is 0.309 e. The summed E-state index contributed by atoms with van der Waals surface area (Å²) >= 11 is 0. The average molecular weight is 967 g/mol. The molecule has 0 saturated heterocycles. The van der Waals surface area contributed by atoms with Gasteiger partial charge in [0.05, 0.1) is 91.4 Å². The Labute approximate surface area is 437 Å². The molecule has 0 radical (unpaired) electrons. The fourth-order valence-corrected chi connectivity index (χ4v) is 10.8. The maximum Gasteiger partial charge on any atom is 0.160 e. The van der Waals surface area contributed by atoms with Gasteiger partial charge in [0.25, 0.3) is 0 Å². The van der Waals surface area contributed by atoms with E-state index >= 15 is 0 Å². The van der Waals surface area contributed by atoms with Crippen molar-refractivity contribution < 1.29 is 0 Å². The van der Waals surface area contributed by atoms with Crippen molar-refractivity contribution in [3.8, 4) is 103 Å². The monoisotopic (exact) mass is 966 g/mol. The third-order valence-electron chi connectivity index (χ3n) is 14.3. The number of rotatable bonds is 8. The van der Waals surface area contributed by atoms with E-state index in [4.69, 9.17) is 9.97 Å². The Kier molecular flexibility index (Phi) is 10.9. The summed E-state index contributed by atoms with van der Waals surface area (Å²) in [6, 6.07) is 86.5. The Balaban J connectivity index is 1.08. The van der Waals surface area contributed by atoms with Crippen LogP contribution in [0.25, 0.3) is 122 Å². The van der Waals surface area contributed by atoms with Gasteiger partial charge >= 0.3 is 0 Å². The Morgan fingerprint density at radius 1 is 0.289 bits per heavy atom. The highest BCUT2D eigenvalue weighted by molar-refractivity contribution is 6.13. The van der Waals surface area contributed by atoms with Crippen molar-refractivity contribution >= 4 is 43.6 Å². The first-order valence-corrected chi connectivity index (χ1v) is 24.7. The minimum atomic E-state index is 0.437. The van der Waals surface area contributed by atoms with E-state index < -0.39 is 0 Å². The topological polar surface area (TPSA) is 131 Å². The Hall–Kier alpha value is -11.2.